The summed E-state index contributed by atoms with van der Waals surface area (Å²) in [6, 6.07) is 11.7. The molecule has 0 fully saturated rings. The minimum atomic E-state index is -0.244. The highest BCUT2D eigenvalue weighted by Crippen LogP contribution is 2.20. The molecule has 0 aliphatic heterocycles. The van der Waals surface area contributed by atoms with Gasteiger partial charge in [0.2, 0.25) is 0 Å². The SMILES string of the molecule is Cc1ccc(F)cc1CC(N)C(C)Oc1cccc(Cl)c1. The first kappa shape index (κ1) is 15.8. The lowest BCUT2D eigenvalue weighted by atomic mass is 9.99. The molecule has 0 bridgehead atoms. The minimum Gasteiger partial charge on any atom is -0.489 e. The van der Waals surface area contributed by atoms with Gasteiger partial charge >= 0.3 is 0 Å². The molecule has 0 saturated carbocycles. The van der Waals surface area contributed by atoms with Crippen LogP contribution in [0.3, 0.4) is 0 Å². The van der Waals surface area contributed by atoms with E-state index in [9.17, 15) is 4.39 Å². The predicted octanol–water partition coefficient (Wildman–Crippen LogP) is 4.12. The van der Waals surface area contributed by atoms with Gasteiger partial charge in [0, 0.05) is 11.1 Å². The van der Waals surface area contributed by atoms with Crippen LogP contribution in [0.4, 0.5) is 4.39 Å². The summed E-state index contributed by atoms with van der Waals surface area (Å²) in [5, 5.41) is 0.620. The minimum absolute atomic E-state index is 0.203. The zero-order chi connectivity index (χ0) is 15.4. The second-order valence-electron chi connectivity index (χ2n) is 5.22. The van der Waals surface area contributed by atoms with Crippen molar-refractivity contribution in [2.24, 2.45) is 5.73 Å². The number of benzene rings is 2. The van der Waals surface area contributed by atoms with E-state index in [-0.39, 0.29) is 18.0 Å². The Labute approximate surface area is 129 Å². The Morgan fingerprint density at radius 2 is 2.00 bits per heavy atom. The first-order chi connectivity index (χ1) is 9.95. The Balaban J connectivity index is 2.02. The van der Waals surface area contributed by atoms with Gasteiger partial charge in [0.25, 0.3) is 0 Å². The van der Waals surface area contributed by atoms with E-state index in [1.54, 1.807) is 18.2 Å². The molecule has 112 valence electrons. The number of aryl methyl sites for hydroxylation is 1. The van der Waals surface area contributed by atoms with Crippen LogP contribution in [0.25, 0.3) is 0 Å². The highest BCUT2D eigenvalue weighted by Gasteiger charge is 2.16. The lowest BCUT2D eigenvalue weighted by Crippen LogP contribution is -2.38. The van der Waals surface area contributed by atoms with Crippen LogP contribution in [0.15, 0.2) is 42.5 Å². The summed E-state index contributed by atoms with van der Waals surface area (Å²) in [5.41, 5.74) is 8.11. The van der Waals surface area contributed by atoms with Crippen LogP contribution in [0.2, 0.25) is 5.02 Å². The topological polar surface area (TPSA) is 35.2 Å². The lowest BCUT2D eigenvalue weighted by molar-refractivity contribution is 0.189. The third kappa shape index (κ3) is 4.45. The number of ether oxygens (including phenoxy) is 1. The van der Waals surface area contributed by atoms with E-state index in [2.05, 4.69) is 0 Å². The van der Waals surface area contributed by atoms with E-state index in [0.29, 0.717) is 17.2 Å². The molecule has 2 unspecified atom stereocenters. The van der Waals surface area contributed by atoms with E-state index < -0.39 is 0 Å². The molecule has 0 aromatic heterocycles. The van der Waals surface area contributed by atoms with E-state index >= 15 is 0 Å². The Morgan fingerprint density at radius 1 is 1.24 bits per heavy atom. The fourth-order valence-electron chi connectivity index (χ4n) is 2.12. The van der Waals surface area contributed by atoms with E-state index in [0.717, 1.165) is 11.1 Å². The number of hydrogen-bond acceptors (Lipinski definition) is 2. The largest absolute Gasteiger partial charge is 0.489 e. The highest BCUT2D eigenvalue weighted by molar-refractivity contribution is 6.30. The fraction of sp³-hybridized carbons (Fsp3) is 0.294. The molecule has 0 saturated heterocycles. The molecular weight excluding hydrogens is 289 g/mol. The fourth-order valence-corrected chi connectivity index (χ4v) is 2.30. The molecule has 0 aliphatic carbocycles. The quantitative estimate of drug-likeness (QED) is 0.901. The lowest BCUT2D eigenvalue weighted by Gasteiger charge is -2.22. The van der Waals surface area contributed by atoms with Gasteiger partial charge in [-0.2, -0.15) is 0 Å². The summed E-state index contributed by atoms with van der Waals surface area (Å²) >= 11 is 5.92. The van der Waals surface area contributed by atoms with E-state index in [1.165, 1.54) is 12.1 Å². The van der Waals surface area contributed by atoms with Gasteiger partial charge in [-0.3, -0.25) is 0 Å². The van der Waals surface area contributed by atoms with Gasteiger partial charge in [-0.25, -0.2) is 4.39 Å². The zero-order valence-corrected chi connectivity index (χ0v) is 12.9. The molecule has 0 spiro atoms. The van der Waals surface area contributed by atoms with Crippen molar-refractivity contribution in [3.05, 3.63) is 64.4 Å². The zero-order valence-electron chi connectivity index (χ0n) is 12.1. The van der Waals surface area contributed by atoms with Gasteiger partial charge in [-0.05, 0) is 61.7 Å². The molecule has 4 heteroatoms. The smallest absolute Gasteiger partial charge is 0.123 e. The van der Waals surface area contributed by atoms with Crippen LogP contribution in [-0.4, -0.2) is 12.1 Å². The summed E-state index contributed by atoms with van der Waals surface area (Å²) in [6.45, 7) is 3.85. The van der Waals surface area contributed by atoms with Crippen LogP contribution in [0.5, 0.6) is 5.75 Å². The third-order valence-electron chi connectivity index (χ3n) is 3.49. The van der Waals surface area contributed by atoms with Crippen molar-refractivity contribution >= 4 is 11.6 Å². The van der Waals surface area contributed by atoms with Crippen molar-refractivity contribution < 1.29 is 9.13 Å². The van der Waals surface area contributed by atoms with Crippen molar-refractivity contribution in [3.8, 4) is 5.75 Å². The number of rotatable bonds is 5. The predicted molar refractivity (Wildman–Crippen MR) is 84.4 cm³/mol. The van der Waals surface area contributed by atoms with E-state index in [1.807, 2.05) is 26.0 Å². The molecule has 0 amide bonds. The average molecular weight is 308 g/mol. The van der Waals surface area contributed by atoms with Gasteiger partial charge in [0.15, 0.2) is 0 Å². The summed E-state index contributed by atoms with van der Waals surface area (Å²) < 4.78 is 19.1. The number of nitrogens with two attached hydrogens (primary N) is 1. The summed E-state index contributed by atoms with van der Waals surface area (Å²) in [5.74, 6) is 0.438. The summed E-state index contributed by atoms with van der Waals surface area (Å²) in [7, 11) is 0. The van der Waals surface area contributed by atoms with Crippen LogP contribution in [-0.2, 0) is 6.42 Å². The van der Waals surface area contributed by atoms with Crippen LogP contribution in [0.1, 0.15) is 18.1 Å². The maximum absolute atomic E-state index is 13.3. The molecule has 2 nitrogen and oxygen atoms in total. The Morgan fingerprint density at radius 3 is 2.71 bits per heavy atom. The third-order valence-corrected chi connectivity index (χ3v) is 3.72. The molecule has 2 aromatic rings. The van der Waals surface area contributed by atoms with Gasteiger partial charge < -0.3 is 10.5 Å². The van der Waals surface area contributed by atoms with Gasteiger partial charge in [-0.15, -0.1) is 0 Å². The average Bonchev–Trinajstić information content (AvgIpc) is 2.43. The molecule has 2 atom stereocenters. The van der Waals surface area contributed by atoms with Gasteiger partial charge in [0.05, 0.1) is 0 Å². The maximum atomic E-state index is 13.3. The van der Waals surface area contributed by atoms with Crippen molar-refractivity contribution in [2.75, 3.05) is 0 Å². The first-order valence-electron chi connectivity index (χ1n) is 6.88. The molecular formula is C17H19ClFNO. The Kier molecular flexibility index (Phi) is 5.21. The van der Waals surface area contributed by atoms with Gasteiger partial charge in [0.1, 0.15) is 17.7 Å². The molecule has 2 aromatic carbocycles. The second kappa shape index (κ2) is 6.92. The molecule has 21 heavy (non-hydrogen) atoms. The van der Waals surface area contributed by atoms with Crippen molar-refractivity contribution in [2.45, 2.75) is 32.4 Å². The first-order valence-corrected chi connectivity index (χ1v) is 7.26. The van der Waals surface area contributed by atoms with Gasteiger partial charge in [-0.1, -0.05) is 23.7 Å². The summed E-state index contributed by atoms with van der Waals surface area (Å²) in [6.07, 6.45) is 0.358. The molecule has 0 heterocycles. The maximum Gasteiger partial charge on any atom is 0.123 e. The second-order valence-corrected chi connectivity index (χ2v) is 5.66. The Hall–Kier alpha value is -1.58. The number of halogens is 2. The normalized spacial score (nSPS) is 13.8. The highest BCUT2D eigenvalue weighted by atomic mass is 35.5. The molecule has 2 N–H and O–H groups in total. The van der Waals surface area contributed by atoms with Crippen molar-refractivity contribution in [1.29, 1.82) is 0 Å². The number of hydrogen-bond donors (Lipinski definition) is 1. The Bertz CT molecular complexity index is 617. The van der Waals surface area contributed by atoms with Crippen LogP contribution >= 0.6 is 11.6 Å². The molecule has 2 rings (SSSR count). The summed E-state index contributed by atoms with van der Waals surface area (Å²) in [4.78, 5) is 0. The van der Waals surface area contributed by atoms with Crippen molar-refractivity contribution in [1.82, 2.24) is 0 Å². The standard InChI is InChI=1S/C17H19ClFNO/c1-11-6-7-15(19)8-13(11)9-17(20)12(2)21-16-5-3-4-14(18)10-16/h3-8,10,12,17H,9,20H2,1-2H3. The van der Waals surface area contributed by atoms with Crippen LogP contribution in [0, 0.1) is 12.7 Å². The molecule has 0 radical (unpaired) electrons. The van der Waals surface area contributed by atoms with Crippen molar-refractivity contribution in [3.63, 3.8) is 0 Å². The molecule has 0 aliphatic rings. The van der Waals surface area contributed by atoms with E-state index in [4.69, 9.17) is 22.1 Å². The monoisotopic (exact) mass is 307 g/mol. The van der Waals surface area contributed by atoms with Crippen LogP contribution < -0.4 is 10.5 Å².